The average molecular weight is 1140 g/mol. The second kappa shape index (κ2) is 42.0. The van der Waals surface area contributed by atoms with Gasteiger partial charge in [-0.05, 0) is 88.4 Å². The molecule has 9 aromatic heterocycles. The summed E-state index contributed by atoms with van der Waals surface area (Å²) in [7, 11) is 0. The standard InChI is InChI=1S/C9H7N.2C8H6N2.C6H5N3.C6H4N2O.C6H4N2S.2C5H12.4C4H10/c1-2-6-9-8(4-1)5-3-7-10-9;1-3-7-4-2-6-10-8(7)9-5-1;1-2-4-8-7(3-1)5-9-6-10-8;1-2-8-6-3-7-4-9-5(1)6;2*1-2-9-6-3-7-4-8-5(1)6;2*1-5(2,3)4;4*1-4(2)3/h1-7H;2*1-6H;2-4H,1H2;2*1-4H;2*1-4H3;4*4H,1-3H3. The second-order valence-corrected chi connectivity index (χ2v) is 25.5. The van der Waals surface area contributed by atoms with Gasteiger partial charge >= 0.3 is 0 Å². The second-order valence-electron chi connectivity index (χ2n) is 24.5. The number of furan rings is 1. The monoisotopic (exact) mass is 1140 g/mol. The molecule has 0 saturated heterocycles. The molecule has 83 heavy (non-hydrogen) atoms. The normalized spacial score (nSPS) is 10.5. The molecule has 0 saturated carbocycles. The van der Waals surface area contributed by atoms with Crippen LogP contribution in [0.2, 0.25) is 0 Å². The Hall–Kier alpha value is -7.84. The summed E-state index contributed by atoms with van der Waals surface area (Å²) in [5.41, 5.74) is 8.44. The molecule has 13 nitrogen and oxygen atoms in total. The Balaban J connectivity index is 0.000000461. The molecule has 0 aliphatic carbocycles. The molecule has 1 aliphatic heterocycles. The summed E-state index contributed by atoms with van der Waals surface area (Å²) in [6.07, 6.45) is 22.8. The highest BCUT2D eigenvalue weighted by atomic mass is 32.1. The largest absolute Gasteiger partial charge is 0.461 e. The number of benzene rings is 2. The van der Waals surface area contributed by atoms with Gasteiger partial charge in [0.1, 0.15) is 36.5 Å². The Morgan fingerprint density at radius 1 is 0.410 bits per heavy atom. The average Bonchev–Trinajstić information content (AvgIpc) is 4.27. The van der Waals surface area contributed by atoms with Gasteiger partial charge in [0, 0.05) is 65.8 Å². The van der Waals surface area contributed by atoms with Crippen molar-refractivity contribution in [2.75, 3.05) is 0 Å². The van der Waals surface area contributed by atoms with E-state index in [4.69, 9.17) is 4.42 Å². The molecule has 0 N–H and O–H groups in total. The zero-order chi connectivity index (χ0) is 62.1. The van der Waals surface area contributed by atoms with Crippen molar-refractivity contribution in [2.45, 2.75) is 145 Å². The van der Waals surface area contributed by atoms with Gasteiger partial charge in [0.25, 0.3) is 0 Å². The Morgan fingerprint density at radius 2 is 0.831 bits per heavy atom. The number of aromatic nitrogens is 11. The first-order chi connectivity index (χ1) is 39.2. The highest BCUT2D eigenvalue weighted by Crippen LogP contribution is 2.19. The maximum atomic E-state index is 4.99. The van der Waals surface area contributed by atoms with Crippen molar-refractivity contribution in [2.24, 2.45) is 39.5 Å². The van der Waals surface area contributed by atoms with E-state index in [1.807, 2.05) is 109 Å². The SMILES string of the molecule is C1=Nc2cncnc2C1.CC(C)(C)C.CC(C)(C)C.CC(C)C.CC(C)C.CC(C)C.CC(C)C.c1ccc2ncccc2c1.c1ccc2ncncc2c1.c1cnc2ncccc2c1.c1ncc2occc2n1.c1ncc2sccc2n1. The van der Waals surface area contributed by atoms with Gasteiger partial charge in [-0.2, -0.15) is 0 Å². The van der Waals surface area contributed by atoms with E-state index in [2.05, 4.69) is 210 Å². The van der Waals surface area contributed by atoms with Crippen LogP contribution in [0.15, 0.2) is 187 Å². The van der Waals surface area contributed by atoms with Crippen LogP contribution in [0.3, 0.4) is 0 Å². The Labute approximate surface area is 501 Å². The van der Waals surface area contributed by atoms with Crippen molar-refractivity contribution in [3.63, 3.8) is 0 Å². The molecule has 0 bridgehead atoms. The molecule has 0 spiro atoms. The minimum absolute atomic E-state index is 0.500. The number of aliphatic imine (C=N–C) groups is 1. The van der Waals surface area contributed by atoms with Gasteiger partial charge in [-0.3, -0.25) is 9.98 Å². The third-order valence-corrected chi connectivity index (χ3v) is 8.69. The van der Waals surface area contributed by atoms with Crippen molar-refractivity contribution in [1.82, 2.24) is 54.8 Å². The quantitative estimate of drug-likeness (QED) is 0.141. The first kappa shape index (κ1) is 73.2. The van der Waals surface area contributed by atoms with E-state index >= 15 is 0 Å². The van der Waals surface area contributed by atoms with E-state index in [1.165, 1.54) is 11.7 Å². The van der Waals surface area contributed by atoms with Crippen LogP contribution in [0.4, 0.5) is 5.69 Å². The zero-order valence-corrected chi connectivity index (χ0v) is 54.3. The molecular formula is C69H96N12OS. The lowest BCUT2D eigenvalue weighted by molar-refractivity contribution is 0.469. The van der Waals surface area contributed by atoms with Crippen molar-refractivity contribution in [3.8, 4) is 0 Å². The van der Waals surface area contributed by atoms with Gasteiger partial charge in [-0.1, -0.05) is 181 Å². The minimum atomic E-state index is 0.500. The Bertz CT molecular complexity index is 2830. The van der Waals surface area contributed by atoms with Gasteiger partial charge in [0.05, 0.1) is 45.6 Å². The maximum absolute atomic E-state index is 4.99. The van der Waals surface area contributed by atoms with Crippen LogP contribution < -0.4 is 0 Å². The molecule has 0 radical (unpaired) electrons. The van der Waals surface area contributed by atoms with Crippen molar-refractivity contribution in [3.05, 3.63) is 183 Å². The third kappa shape index (κ3) is 40.9. The van der Waals surface area contributed by atoms with Crippen molar-refractivity contribution < 1.29 is 4.42 Å². The molecule has 1 aliphatic rings. The van der Waals surface area contributed by atoms with Crippen molar-refractivity contribution >= 4 is 77.4 Å². The van der Waals surface area contributed by atoms with Gasteiger partial charge < -0.3 is 4.42 Å². The maximum Gasteiger partial charge on any atom is 0.170 e. The summed E-state index contributed by atoms with van der Waals surface area (Å²) in [4.78, 5) is 47.8. The summed E-state index contributed by atoms with van der Waals surface area (Å²) in [5, 5.41) is 5.39. The summed E-state index contributed by atoms with van der Waals surface area (Å²) in [6, 6.07) is 31.6. The number of fused-ring (bicyclic) bond motifs is 6. The molecular weight excluding hydrogens is 1040 g/mol. The Morgan fingerprint density at radius 3 is 1.33 bits per heavy atom. The zero-order valence-electron chi connectivity index (χ0n) is 53.5. The number of para-hydroxylation sites is 2. The molecule has 0 amide bonds. The van der Waals surface area contributed by atoms with Gasteiger partial charge in [0.2, 0.25) is 0 Å². The lowest BCUT2D eigenvalue weighted by Crippen LogP contribution is -1.93. The molecule has 0 unspecified atom stereocenters. The fourth-order valence-electron chi connectivity index (χ4n) is 5.12. The number of thiophene rings is 1. The molecule has 444 valence electrons. The van der Waals surface area contributed by atoms with E-state index in [0.29, 0.717) is 10.8 Å². The highest BCUT2D eigenvalue weighted by molar-refractivity contribution is 7.17. The Kier molecular flexibility index (Phi) is 37.1. The summed E-state index contributed by atoms with van der Waals surface area (Å²) < 4.78 is 6.14. The minimum Gasteiger partial charge on any atom is -0.461 e. The number of pyridine rings is 3. The van der Waals surface area contributed by atoms with Gasteiger partial charge in [0.15, 0.2) is 11.2 Å². The van der Waals surface area contributed by atoms with Gasteiger partial charge in [-0.15, -0.1) is 11.3 Å². The smallest absolute Gasteiger partial charge is 0.170 e. The fraction of sp³-hybridized carbons (Fsp3) is 0.391. The van der Waals surface area contributed by atoms with Crippen molar-refractivity contribution in [1.29, 1.82) is 0 Å². The molecule has 10 heterocycles. The first-order valence-corrected chi connectivity index (χ1v) is 29.3. The van der Waals surface area contributed by atoms with Crippen LogP contribution in [0, 0.1) is 34.5 Å². The summed E-state index contributed by atoms with van der Waals surface area (Å²) >= 11 is 1.66. The first-order valence-electron chi connectivity index (χ1n) is 28.4. The predicted molar refractivity (Wildman–Crippen MR) is 356 cm³/mol. The van der Waals surface area contributed by atoms with Crippen LogP contribution >= 0.6 is 11.3 Å². The fourth-order valence-corrected chi connectivity index (χ4v) is 5.83. The van der Waals surface area contributed by atoms with Crippen LogP contribution in [-0.4, -0.2) is 61.0 Å². The topological polar surface area (TPSA) is 167 Å². The van der Waals surface area contributed by atoms with E-state index in [9.17, 15) is 0 Å². The molecule has 0 fully saturated rings. The predicted octanol–water partition coefficient (Wildman–Crippen LogP) is 19.9. The lowest BCUT2D eigenvalue weighted by atomic mass is 10.0. The summed E-state index contributed by atoms with van der Waals surface area (Å²) in [5.74, 6) is 3.33. The summed E-state index contributed by atoms with van der Waals surface area (Å²) in [6.45, 7) is 43.5. The molecule has 11 aromatic rings. The molecule has 14 heteroatoms. The van der Waals surface area contributed by atoms with Crippen LogP contribution in [0.1, 0.15) is 144 Å². The van der Waals surface area contributed by atoms with E-state index in [0.717, 1.165) is 90.2 Å². The van der Waals surface area contributed by atoms with E-state index in [-0.39, 0.29) is 0 Å². The third-order valence-electron chi connectivity index (χ3n) is 7.85. The highest BCUT2D eigenvalue weighted by Gasteiger charge is 2.05. The number of hydrogen-bond acceptors (Lipinski definition) is 14. The number of hydrogen-bond donors (Lipinski definition) is 0. The number of rotatable bonds is 0. The lowest BCUT2D eigenvalue weighted by Gasteiger charge is -2.05. The molecule has 0 atom stereocenters. The van der Waals surface area contributed by atoms with Crippen LogP contribution in [0.5, 0.6) is 0 Å². The van der Waals surface area contributed by atoms with E-state index < -0.39 is 0 Å². The molecule has 2 aromatic carbocycles. The van der Waals surface area contributed by atoms with Gasteiger partial charge in [-0.25, -0.2) is 49.8 Å². The molecule has 12 rings (SSSR count). The van der Waals surface area contributed by atoms with Crippen LogP contribution in [0.25, 0.3) is 54.2 Å². The van der Waals surface area contributed by atoms with Crippen LogP contribution in [-0.2, 0) is 6.42 Å². The van der Waals surface area contributed by atoms with E-state index in [1.54, 1.807) is 67.4 Å². The number of nitrogens with zero attached hydrogens (tertiary/aromatic N) is 12.